The first-order valence-electron chi connectivity index (χ1n) is 5.89. The van der Waals surface area contributed by atoms with Crippen molar-refractivity contribution in [1.82, 2.24) is 0 Å². The number of carbonyl (C=O) groups excluding carboxylic acids is 1. The molecule has 17 heavy (non-hydrogen) atoms. The maximum atomic E-state index is 12.1. The van der Waals surface area contributed by atoms with E-state index in [4.69, 9.17) is 5.73 Å². The summed E-state index contributed by atoms with van der Waals surface area (Å²) in [6.07, 6.45) is 0.419. The summed E-state index contributed by atoms with van der Waals surface area (Å²) in [5.41, 5.74) is 7.71. The molecule has 1 unspecified atom stereocenters. The molecule has 1 aromatic rings. The number of thioether (sulfide) groups is 1. The summed E-state index contributed by atoms with van der Waals surface area (Å²) < 4.78 is 0. The van der Waals surface area contributed by atoms with Crippen LogP contribution in [0.3, 0.4) is 0 Å². The third-order valence-electron chi connectivity index (χ3n) is 2.92. The van der Waals surface area contributed by atoms with Crippen LogP contribution < -0.4 is 10.6 Å². The molecule has 0 fully saturated rings. The van der Waals surface area contributed by atoms with E-state index < -0.39 is 0 Å². The van der Waals surface area contributed by atoms with E-state index >= 15 is 0 Å². The average molecular weight is 250 g/mol. The number of hydrogen-bond donors (Lipinski definition) is 1. The maximum Gasteiger partial charge on any atom is 0.228 e. The van der Waals surface area contributed by atoms with Crippen molar-refractivity contribution < 1.29 is 4.79 Å². The van der Waals surface area contributed by atoms with Gasteiger partial charge in [-0.1, -0.05) is 6.07 Å². The van der Waals surface area contributed by atoms with Crippen molar-refractivity contribution in [2.24, 2.45) is 5.73 Å². The van der Waals surface area contributed by atoms with Crippen molar-refractivity contribution in [1.29, 1.82) is 0 Å². The molecule has 1 heterocycles. The van der Waals surface area contributed by atoms with E-state index in [2.05, 4.69) is 32.0 Å². The number of carbonyl (C=O) groups is 1. The maximum absolute atomic E-state index is 12.1. The molecule has 0 spiro atoms. The molecule has 92 valence electrons. The van der Waals surface area contributed by atoms with Crippen LogP contribution in [0.15, 0.2) is 23.1 Å². The molecule has 0 saturated heterocycles. The molecule has 3 nitrogen and oxygen atoms in total. The number of hydrogen-bond acceptors (Lipinski definition) is 3. The Kier molecular flexibility index (Phi) is 3.74. The Morgan fingerprint density at radius 3 is 3.06 bits per heavy atom. The molecular formula is C13H18N2OS. The molecule has 0 aromatic heterocycles. The fraction of sp³-hybridized carbons (Fsp3) is 0.462. The minimum absolute atomic E-state index is 0.132. The van der Waals surface area contributed by atoms with Crippen LogP contribution in [0, 0.1) is 6.92 Å². The SMILES string of the molecule is Cc1ccc2c(c1)N(C(=O)CCN)C(C)CS2. The number of aryl methyl sites for hydroxylation is 1. The molecule has 0 saturated carbocycles. The lowest BCUT2D eigenvalue weighted by Gasteiger charge is -2.35. The van der Waals surface area contributed by atoms with E-state index in [0.717, 1.165) is 11.4 Å². The van der Waals surface area contributed by atoms with E-state index in [9.17, 15) is 4.79 Å². The van der Waals surface area contributed by atoms with Gasteiger partial charge in [-0.25, -0.2) is 0 Å². The molecule has 1 aromatic carbocycles. The summed E-state index contributed by atoms with van der Waals surface area (Å²) in [4.78, 5) is 15.2. The van der Waals surface area contributed by atoms with Gasteiger partial charge in [0.2, 0.25) is 5.91 Å². The zero-order chi connectivity index (χ0) is 12.4. The van der Waals surface area contributed by atoms with Gasteiger partial charge in [-0.05, 0) is 31.5 Å². The number of fused-ring (bicyclic) bond motifs is 1. The zero-order valence-corrected chi connectivity index (χ0v) is 11.1. The van der Waals surface area contributed by atoms with E-state index in [-0.39, 0.29) is 11.9 Å². The standard InChI is InChI=1S/C13H18N2OS/c1-9-3-4-12-11(7-9)15(10(2)8-17-12)13(16)5-6-14/h3-4,7,10H,5-6,8,14H2,1-2H3. The quantitative estimate of drug-likeness (QED) is 0.875. The highest BCUT2D eigenvalue weighted by molar-refractivity contribution is 7.99. The predicted octanol–water partition coefficient (Wildman–Crippen LogP) is 2.17. The summed E-state index contributed by atoms with van der Waals surface area (Å²) in [7, 11) is 0. The van der Waals surface area contributed by atoms with Gasteiger partial charge < -0.3 is 10.6 Å². The van der Waals surface area contributed by atoms with Crippen LogP contribution >= 0.6 is 11.8 Å². The summed E-state index contributed by atoms with van der Waals surface area (Å²) in [5.74, 6) is 1.08. The van der Waals surface area contributed by atoms with Crippen LogP contribution in [-0.2, 0) is 4.79 Å². The lowest BCUT2D eigenvalue weighted by Crippen LogP contribution is -2.43. The summed E-state index contributed by atoms with van der Waals surface area (Å²) in [5, 5.41) is 0. The average Bonchev–Trinajstić information content (AvgIpc) is 2.28. The minimum atomic E-state index is 0.132. The van der Waals surface area contributed by atoms with Crippen molar-refractivity contribution in [3.8, 4) is 0 Å². The topological polar surface area (TPSA) is 46.3 Å². The summed E-state index contributed by atoms with van der Waals surface area (Å²) in [6.45, 7) is 4.55. The number of anilines is 1. The molecule has 4 heteroatoms. The predicted molar refractivity (Wildman–Crippen MR) is 72.5 cm³/mol. The second-order valence-corrected chi connectivity index (χ2v) is 5.50. The minimum Gasteiger partial charge on any atom is -0.330 e. The third kappa shape index (κ3) is 2.48. The Bertz CT molecular complexity index is 433. The fourth-order valence-electron chi connectivity index (χ4n) is 2.08. The highest BCUT2D eigenvalue weighted by Gasteiger charge is 2.28. The van der Waals surface area contributed by atoms with Crippen LogP contribution in [0.4, 0.5) is 5.69 Å². The number of benzene rings is 1. The van der Waals surface area contributed by atoms with Crippen molar-refractivity contribution in [2.45, 2.75) is 31.2 Å². The first-order chi connectivity index (χ1) is 8.13. The fourth-order valence-corrected chi connectivity index (χ4v) is 3.12. The smallest absolute Gasteiger partial charge is 0.228 e. The van der Waals surface area contributed by atoms with Crippen LogP contribution in [0.25, 0.3) is 0 Å². The third-order valence-corrected chi connectivity index (χ3v) is 4.23. The van der Waals surface area contributed by atoms with Crippen LogP contribution in [-0.4, -0.2) is 24.2 Å². The van der Waals surface area contributed by atoms with Crippen molar-refractivity contribution >= 4 is 23.4 Å². The van der Waals surface area contributed by atoms with Crippen molar-refractivity contribution in [2.75, 3.05) is 17.2 Å². The second kappa shape index (κ2) is 5.10. The Morgan fingerprint density at radius 1 is 1.59 bits per heavy atom. The highest BCUT2D eigenvalue weighted by Crippen LogP contribution is 2.38. The van der Waals surface area contributed by atoms with Crippen LogP contribution in [0.5, 0.6) is 0 Å². The molecule has 1 atom stereocenters. The monoisotopic (exact) mass is 250 g/mol. The Morgan fingerprint density at radius 2 is 2.35 bits per heavy atom. The van der Waals surface area contributed by atoms with E-state index in [1.807, 2.05) is 16.7 Å². The highest BCUT2D eigenvalue weighted by atomic mass is 32.2. The van der Waals surface area contributed by atoms with Gasteiger partial charge in [-0.3, -0.25) is 4.79 Å². The number of amides is 1. The van der Waals surface area contributed by atoms with Crippen molar-refractivity contribution in [3.05, 3.63) is 23.8 Å². The number of nitrogens with two attached hydrogens (primary N) is 1. The normalized spacial score (nSPS) is 19.0. The molecule has 0 aliphatic carbocycles. The molecule has 1 amide bonds. The van der Waals surface area contributed by atoms with Gasteiger partial charge in [0.1, 0.15) is 0 Å². The molecule has 0 radical (unpaired) electrons. The van der Waals surface area contributed by atoms with E-state index in [0.29, 0.717) is 13.0 Å². The van der Waals surface area contributed by atoms with Gasteiger partial charge in [0, 0.05) is 29.7 Å². The molecule has 2 rings (SSSR count). The number of nitrogens with zero attached hydrogens (tertiary/aromatic N) is 1. The first-order valence-corrected chi connectivity index (χ1v) is 6.87. The molecule has 1 aliphatic heterocycles. The lowest BCUT2D eigenvalue weighted by atomic mass is 10.1. The van der Waals surface area contributed by atoms with Crippen molar-refractivity contribution in [3.63, 3.8) is 0 Å². The largest absolute Gasteiger partial charge is 0.330 e. The second-order valence-electron chi connectivity index (χ2n) is 4.43. The summed E-state index contributed by atoms with van der Waals surface area (Å²) in [6, 6.07) is 6.53. The lowest BCUT2D eigenvalue weighted by molar-refractivity contribution is -0.118. The van der Waals surface area contributed by atoms with Gasteiger partial charge in [-0.2, -0.15) is 0 Å². The van der Waals surface area contributed by atoms with Gasteiger partial charge in [0.25, 0.3) is 0 Å². The first kappa shape index (κ1) is 12.5. The zero-order valence-electron chi connectivity index (χ0n) is 10.3. The van der Waals surface area contributed by atoms with Crippen LogP contribution in [0.1, 0.15) is 18.9 Å². The van der Waals surface area contributed by atoms with E-state index in [1.54, 1.807) is 0 Å². The molecule has 1 aliphatic rings. The number of rotatable bonds is 2. The molecular weight excluding hydrogens is 232 g/mol. The van der Waals surface area contributed by atoms with Gasteiger partial charge >= 0.3 is 0 Å². The van der Waals surface area contributed by atoms with Gasteiger partial charge in [-0.15, -0.1) is 11.8 Å². The Balaban J connectivity index is 2.38. The van der Waals surface area contributed by atoms with E-state index in [1.165, 1.54) is 10.5 Å². The van der Waals surface area contributed by atoms with Gasteiger partial charge in [0.15, 0.2) is 0 Å². The molecule has 2 N–H and O–H groups in total. The Hall–Kier alpha value is -1.000. The van der Waals surface area contributed by atoms with Gasteiger partial charge in [0.05, 0.1) is 5.69 Å². The van der Waals surface area contributed by atoms with Crippen LogP contribution in [0.2, 0.25) is 0 Å². The molecule has 0 bridgehead atoms. The Labute approximate surface area is 106 Å². The summed E-state index contributed by atoms with van der Waals surface area (Å²) >= 11 is 1.82.